The number of urea groups is 1. The molecule has 1 saturated heterocycles. The molecular weight excluding hydrogens is 387 g/mol. The SMILES string of the molecule is Cc1nc(NC(=O)N2c3nc(C(=O)NCC4CC4)ccc3N3CCC2C3)ccc1F. The Kier molecular flexibility index (Phi) is 4.52. The van der Waals surface area contributed by atoms with E-state index in [9.17, 15) is 14.0 Å². The first-order valence-electron chi connectivity index (χ1n) is 10.3. The molecule has 30 heavy (non-hydrogen) atoms. The Hall–Kier alpha value is -3.23. The summed E-state index contributed by atoms with van der Waals surface area (Å²) in [5.41, 5.74) is 1.35. The van der Waals surface area contributed by atoms with Crippen LogP contribution in [0.3, 0.4) is 0 Å². The quantitative estimate of drug-likeness (QED) is 0.809. The summed E-state index contributed by atoms with van der Waals surface area (Å²) in [6, 6.07) is 5.85. The lowest BCUT2D eigenvalue weighted by Gasteiger charge is -2.35. The average molecular weight is 410 g/mol. The van der Waals surface area contributed by atoms with Crippen molar-refractivity contribution in [2.45, 2.75) is 32.2 Å². The van der Waals surface area contributed by atoms with Crippen LogP contribution in [0.4, 0.5) is 26.5 Å². The van der Waals surface area contributed by atoms with Crippen molar-refractivity contribution in [3.05, 3.63) is 41.5 Å². The van der Waals surface area contributed by atoms with E-state index in [1.807, 2.05) is 6.07 Å². The van der Waals surface area contributed by atoms with Crippen LogP contribution in [0.5, 0.6) is 0 Å². The highest BCUT2D eigenvalue weighted by molar-refractivity contribution is 6.05. The number of rotatable bonds is 4. The number of carbonyl (C=O) groups excluding carboxylic acids is 2. The van der Waals surface area contributed by atoms with E-state index in [-0.39, 0.29) is 29.5 Å². The maximum atomic E-state index is 13.5. The molecule has 2 N–H and O–H groups in total. The molecule has 3 aliphatic rings. The van der Waals surface area contributed by atoms with Crippen LogP contribution in [0.25, 0.3) is 0 Å². The van der Waals surface area contributed by atoms with E-state index in [2.05, 4.69) is 25.5 Å². The van der Waals surface area contributed by atoms with Gasteiger partial charge in [0.05, 0.1) is 17.4 Å². The van der Waals surface area contributed by atoms with Crippen LogP contribution in [0, 0.1) is 18.7 Å². The second kappa shape index (κ2) is 7.23. The molecule has 0 radical (unpaired) electrons. The summed E-state index contributed by atoms with van der Waals surface area (Å²) in [5.74, 6) is 0.668. The van der Waals surface area contributed by atoms with Crippen molar-refractivity contribution in [2.75, 3.05) is 34.8 Å². The summed E-state index contributed by atoms with van der Waals surface area (Å²) in [4.78, 5) is 38.1. The van der Waals surface area contributed by atoms with Crippen LogP contribution in [0.1, 0.15) is 35.4 Å². The van der Waals surface area contributed by atoms with Crippen LogP contribution in [0.15, 0.2) is 24.3 Å². The van der Waals surface area contributed by atoms with Gasteiger partial charge in [0.15, 0.2) is 5.82 Å². The third kappa shape index (κ3) is 3.44. The molecular formula is C21H23FN6O2. The number of amides is 3. The van der Waals surface area contributed by atoms with Crippen molar-refractivity contribution >= 4 is 29.3 Å². The summed E-state index contributed by atoms with van der Waals surface area (Å²) >= 11 is 0. The second-order valence-electron chi connectivity index (χ2n) is 8.15. The lowest BCUT2D eigenvalue weighted by molar-refractivity contribution is 0.0947. The number of aromatic nitrogens is 2. The van der Waals surface area contributed by atoms with Crippen LogP contribution < -0.4 is 20.4 Å². The van der Waals surface area contributed by atoms with E-state index in [4.69, 9.17) is 0 Å². The van der Waals surface area contributed by atoms with Gasteiger partial charge in [-0.2, -0.15) is 0 Å². The number of pyridine rings is 2. The van der Waals surface area contributed by atoms with Crippen molar-refractivity contribution < 1.29 is 14.0 Å². The summed E-state index contributed by atoms with van der Waals surface area (Å²) in [5, 5.41) is 5.67. The number of nitrogens with one attached hydrogen (secondary N) is 2. The first-order valence-corrected chi connectivity index (χ1v) is 10.3. The van der Waals surface area contributed by atoms with Crippen molar-refractivity contribution in [3.63, 3.8) is 0 Å². The van der Waals surface area contributed by atoms with Crippen molar-refractivity contribution in [1.82, 2.24) is 15.3 Å². The fourth-order valence-corrected chi connectivity index (χ4v) is 4.03. The maximum Gasteiger partial charge on any atom is 0.329 e. The topological polar surface area (TPSA) is 90.5 Å². The monoisotopic (exact) mass is 410 g/mol. The van der Waals surface area contributed by atoms with Gasteiger partial charge in [0, 0.05) is 19.6 Å². The van der Waals surface area contributed by atoms with E-state index >= 15 is 0 Å². The predicted molar refractivity (Wildman–Crippen MR) is 110 cm³/mol. The lowest BCUT2D eigenvalue weighted by Crippen LogP contribution is -2.48. The third-order valence-electron chi connectivity index (χ3n) is 5.91. The van der Waals surface area contributed by atoms with E-state index in [1.54, 1.807) is 17.9 Å². The molecule has 8 nitrogen and oxygen atoms in total. The van der Waals surface area contributed by atoms with Gasteiger partial charge in [0.2, 0.25) is 0 Å². The summed E-state index contributed by atoms with van der Waals surface area (Å²) in [6.45, 7) is 3.74. The van der Waals surface area contributed by atoms with Crippen molar-refractivity contribution in [3.8, 4) is 0 Å². The van der Waals surface area contributed by atoms with Crippen LogP contribution in [-0.4, -0.2) is 47.6 Å². The molecule has 2 fully saturated rings. The second-order valence-corrected chi connectivity index (χ2v) is 8.15. The number of nitrogens with zero attached hydrogens (tertiary/aromatic N) is 4. The number of carbonyl (C=O) groups is 2. The van der Waals surface area contributed by atoms with Gasteiger partial charge in [-0.15, -0.1) is 0 Å². The highest BCUT2D eigenvalue weighted by Gasteiger charge is 2.40. The molecule has 2 aliphatic heterocycles. The minimum absolute atomic E-state index is 0.0451. The Morgan fingerprint density at radius 2 is 2.00 bits per heavy atom. The molecule has 5 rings (SSSR count). The van der Waals surface area contributed by atoms with Gasteiger partial charge >= 0.3 is 6.03 Å². The fraction of sp³-hybridized carbons (Fsp3) is 0.429. The van der Waals surface area contributed by atoms with Crippen molar-refractivity contribution in [2.24, 2.45) is 5.92 Å². The molecule has 1 aliphatic carbocycles. The van der Waals surface area contributed by atoms with Gasteiger partial charge in [-0.25, -0.2) is 19.2 Å². The Morgan fingerprint density at radius 1 is 1.17 bits per heavy atom. The molecule has 2 bridgehead atoms. The normalized spacial score (nSPS) is 19.5. The maximum absolute atomic E-state index is 13.5. The largest absolute Gasteiger partial charge is 0.366 e. The molecule has 2 aromatic heterocycles. The molecule has 0 spiro atoms. The minimum atomic E-state index is -0.425. The van der Waals surface area contributed by atoms with Crippen LogP contribution in [0.2, 0.25) is 0 Å². The molecule has 2 aromatic rings. The molecule has 3 amide bonds. The molecule has 156 valence electrons. The van der Waals surface area contributed by atoms with Crippen LogP contribution >= 0.6 is 0 Å². The summed E-state index contributed by atoms with van der Waals surface area (Å²) in [7, 11) is 0. The van der Waals surface area contributed by atoms with Gasteiger partial charge in [0.25, 0.3) is 5.91 Å². The summed E-state index contributed by atoms with van der Waals surface area (Å²) < 4.78 is 13.5. The van der Waals surface area contributed by atoms with E-state index in [0.29, 0.717) is 30.5 Å². The number of hydrogen-bond acceptors (Lipinski definition) is 5. The minimum Gasteiger partial charge on any atom is -0.366 e. The number of anilines is 3. The molecule has 0 aromatic carbocycles. The Balaban J connectivity index is 1.42. The standard InChI is InChI=1S/C21H23FN6O2/c1-12-15(22)4-7-18(24-12)26-21(30)28-14-8-9-27(11-14)17-6-5-16(25-19(17)28)20(29)23-10-13-2-3-13/h4-7,13-14H,2-3,8-11H2,1H3,(H,23,29)(H,24,26,30). The van der Waals surface area contributed by atoms with Crippen LogP contribution in [-0.2, 0) is 0 Å². The molecule has 1 atom stereocenters. The number of fused-ring (bicyclic) bond motifs is 4. The Bertz CT molecular complexity index is 1020. The zero-order valence-electron chi connectivity index (χ0n) is 16.7. The lowest BCUT2D eigenvalue weighted by atomic mass is 10.1. The summed E-state index contributed by atoms with van der Waals surface area (Å²) in [6.07, 6.45) is 3.11. The van der Waals surface area contributed by atoms with E-state index < -0.39 is 5.82 Å². The van der Waals surface area contributed by atoms with Gasteiger partial charge < -0.3 is 10.2 Å². The zero-order chi connectivity index (χ0) is 20.8. The van der Waals surface area contributed by atoms with E-state index in [1.165, 1.54) is 12.1 Å². The number of aryl methyl sites for hydroxylation is 1. The van der Waals surface area contributed by atoms with Gasteiger partial charge in [-0.3, -0.25) is 15.0 Å². The smallest absolute Gasteiger partial charge is 0.329 e. The predicted octanol–water partition coefficient (Wildman–Crippen LogP) is 2.69. The highest BCUT2D eigenvalue weighted by Crippen LogP contribution is 2.39. The molecule has 4 heterocycles. The van der Waals surface area contributed by atoms with E-state index in [0.717, 1.165) is 31.5 Å². The molecule has 9 heteroatoms. The number of hydrogen-bond donors (Lipinski definition) is 2. The van der Waals surface area contributed by atoms with Gasteiger partial charge in [0.1, 0.15) is 17.3 Å². The van der Waals surface area contributed by atoms with Crippen molar-refractivity contribution in [1.29, 1.82) is 0 Å². The van der Waals surface area contributed by atoms with Gasteiger partial charge in [-0.1, -0.05) is 0 Å². The zero-order valence-corrected chi connectivity index (χ0v) is 16.7. The number of halogens is 1. The Labute approximate surface area is 173 Å². The van der Waals surface area contributed by atoms with Gasteiger partial charge in [-0.05, 0) is 56.4 Å². The first-order chi connectivity index (χ1) is 14.5. The first kappa shape index (κ1) is 18.8. The molecule has 1 saturated carbocycles. The fourth-order valence-electron chi connectivity index (χ4n) is 4.03. The average Bonchev–Trinajstić information content (AvgIpc) is 3.48. The third-order valence-corrected chi connectivity index (χ3v) is 5.91. The molecule has 1 unspecified atom stereocenters. The highest BCUT2D eigenvalue weighted by atomic mass is 19.1. The Morgan fingerprint density at radius 3 is 2.77 bits per heavy atom.